The number of hydrogen-bond donors (Lipinski definition) is 1. The van der Waals surface area contributed by atoms with E-state index >= 15 is 0 Å². The molecule has 8 heteroatoms. The van der Waals surface area contributed by atoms with Gasteiger partial charge >= 0.3 is 5.97 Å². The van der Waals surface area contributed by atoms with Crippen LogP contribution >= 0.6 is 27.7 Å². The molecular formula is C16H19BrN2O4S. The third kappa shape index (κ3) is 5.52. The Balaban J connectivity index is 1.77. The lowest BCUT2D eigenvalue weighted by Gasteiger charge is -2.33. The molecule has 1 fully saturated rings. The van der Waals surface area contributed by atoms with Crippen molar-refractivity contribution < 1.29 is 19.1 Å². The molecule has 1 aliphatic heterocycles. The van der Waals surface area contributed by atoms with Gasteiger partial charge in [-0.3, -0.25) is 14.4 Å². The topological polar surface area (TPSA) is 89.7 Å². The average Bonchev–Trinajstić information content (AvgIpc) is 2.59. The molecule has 1 aliphatic rings. The fourth-order valence-corrected chi connectivity index (χ4v) is 3.43. The van der Waals surface area contributed by atoms with E-state index in [9.17, 15) is 14.4 Å². The summed E-state index contributed by atoms with van der Waals surface area (Å²) in [5, 5.41) is 0. The minimum Gasteiger partial charge on any atom is -0.455 e. The highest BCUT2D eigenvalue weighted by Crippen LogP contribution is 2.21. The van der Waals surface area contributed by atoms with Crippen molar-refractivity contribution in [1.82, 2.24) is 4.90 Å². The number of amides is 2. The molecule has 0 aromatic heterocycles. The molecule has 2 N–H and O–H groups in total. The van der Waals surface area contributed by atoms with Crippen LogP contribution in [0.5, 0.6) is 0 Å². The van der Waals surface area contributed by atoms with E-state index in [2.05, 4.69) is 15.9 Å². The van der Waals surface area contributed by atoms with Crippen LogP contribution in [-0.2, 0) is 19.1 Å². The van der Waals surface area contributed by atoms with Gasteiger partial charge in [-0.25, -0.2) is 0 Å². The minimum absolute atomic E-state index is 0.119. The van der Waals surface area contributed by atoms with Crippen LogP contribution in [-0.4, -0.2) is 47.6 Å². The molecule has 2 rings (SSSR count). The highest BCUT2D eigenvalue weighted by Gasteiger charge is 2.30. The number of carbonyl (C=O) groups is 3. The van der Waals surface area contributed by atoms with E-state index in [1.165, 1.54) is 16.7 Å². The first-order valence-electron chi connectivity index (χ1n) is 7.60. The number of thioether (sulfide) groups is 1. The normalized spacial score (nSPS) is 17.4. The van der Waals surface area contributed by atoms with Crippen LogP contribution in [0.4, 0.5) is 0 Å². The molecule has 0 radical (unpaired) electrons. The van der Waals surface area contributed by atoms with Crippen molar-refractivity contribution in [3.05, 3.63) is 28.7 Å². The first-order valence-corrected chi connectivity index (χ1v) is 9.38. The van der Waals surface area contributed by atoms with Crippen LogP contribution in [0, 0.1) is 0 Å². The second-order valence-corrected chi connectivity index (χ2v) is 7.37. The lowest BCUT2D eigenvalue weighted by molar-refractivity contribution is -0.153. The third-order valence-corrected chi connectivity index (χ3v) is 5.19. The SMILES string of the molecule is NC(=O)[C@@H]1CCCCN1C(=O)COC(=O)CSc1ccc(Br)cc1. The van der Waals surface area contributed by atoms with Gasteiger partial charge in [0.25, 0.3) is 5.91 Å². The van der Waals surface area contributed by atoms with Crippen LogP contribution in [0.15, 0.2) is 33.6 Å². The second kappa shape index (κ2) is 9.08. The number of hydrogen-bond acceptors (Lipinski definition) is 5. The number of primary amides is 1. The lowest BCUT2D eigenvalue weighted by atomic mass is 10.0. The van der Waals surface area contributed by atoms with E-state index in [1.54, 1.807) is 0 Å². The van der Waals surface area contributed by atoms with Crippen LogP contribution < -0.4 is 5.73 Å². The molecule has 24 heavy (non-hydrogen) atoms. The summed E-state index contributed by atoms with van der Waals surface area (Å²) in [6, 6.07) is 6.95. The molecule has 0 spiro atoms. The smallest absolute Gasteiger partial charge is 0.316 e. The highest BCUT2D eigenvalue weighted by molar-refractivity contribution is 9.10. The van der Waals surface area contributed by atoms with E-state index in [0.29, 0.717) is 13.0 Å². The van der Waals surface area contributed by atoms with Crippen molar-refractivity contribution in [3.8, 4) is 0 Å². The van der Waals surface area contributed by atoms with E-state index in [0.717, 1.165) is 22.2 Å². The Morgan fingerprint density at radius 2 is 1.96 bits per heavy atom. The molecule has 1 aromatic carbocycles. The Bertz CT molecular complexity index is 609. The van der Waals surface area contributed by atoms with E-state index in [-0.39, 0.29) is 18.3 Å². The number of nitrogens with zero attached hydrogens (tertiary/aromatic N) is 1. The van der Waals surface area contributed by atoms with Crippen molar-refractivity contribution in [2.24, 2.45) is 5.73 Å². The zero-order valence-corrected chi connectivity index (χ0v) is 15.5. The first kappa shape index (κ1) is 18.8. The van der Waals surface area contributed by atoms with Crippen LogP contribution in [0.2, 0.25) is 0 Å². The average molecular weight is 415 g/mol. The Hall–Kier alpha value is -1.54. The van der Waals surface area contributed by atoms with Gasteiger partial charge in [-0.05, 0) is 43.5 Å². The van der Waals surface area contributed by atoms with E-state index < -0.39 is 17.9 Å². The lowest BCUT2D eigenvalue weighted by Crippen LogP contribution is -2.51. The molecule has 130 valence electrons. The molecule has 1 saturated heterocycles. The Morgan fingerprint density at radius 3 is 2.62 bits per heavy atom. The van der Waals surface area contributed by atoms with Crippen molar-refractivity contribution in [3.63, 3.8) is 0 Å². The molecule has 0 bridgehead atoms. The summed E-state index contributed by atoms with van der Waals surface area (Å²) in [7, 11) is 0. The van der Waals surface area contributed by atoms with Gasteiger partial charge in [-0.15, -0.1) is 11.8 Å². The molecule has 1 heterocycles. The van der Waals surface area contributed by atoms with Gasteiger partial charge in [-0.2, -0.15) is 0 Å². The maximum absolute atomic E-state index is 12.2. The van der Waals surface area contributed by atoms with Gasteiger partial charge in [0.15, 0.2) is 6.61 Å². The summed E-state index contributed by atoms with van der Waals surface area (Å²) in [5.41, 5.74) is 5.33. The molecule has 2 amide bonds. The second-order valence-electron chi connectivity index (χ2n) is 5.40. The molecule has 1 aromatic rings. The van der Waals surface area contributed by atoms with E-state index in [4.69, 9.17) is 10.5 Å². The number of carbonyl (C=O) groups excluding carboxylic acids is 3. The number of piperidine rings is 1. The Morgan fingerprint density at radius 1 is 1.25 bits per heavy atom. The van der Waals surface area contributed by atoms with Crippen molar-refractivity contribution >= 4 is 45.5 Å². The van der Waals surface area contributed by atoms with Crippen molar-refractivity contribution in [1.29, 1.82) is 0 Å². The minimum atomic E-state index is -0.595. The molecule has 6 nitrogen and oxygen atoms in total. The third-order valence-electron chi connectivity index (χ3n) is 3.68. The zero-order valence-electron chi connectivity index (χ0n) is 13.1. The zero-order chi connectivity index (χ0) is 17.5. The molecular weight excluding hydrogens is 396 g/mol. The first-order chi connectivity index (χ1) is 11.5. The number of nitrogens with two attached hydrogens (primary N) is 1. The number of halogens is 1. The van der Waals surface area contributed by atoms with Gasteiger partial charge in [0, 0.05) is 15.9 Å². The summed E-state index contributed by atoms with van der Waals surface area (Å²) < 4.78 is 5.98. The van der Waals surface area contributed by atoms with Gasteiger partial charge in [0.2, 0.25) is 5.91 Å². The Labute approximate surface area is 153 Å². The quantitative estimate of drug-likeness (QED) is 0.567. The fourth-order valence-electron chi connectivity index (χ4n) is 2.47. The molecule has 0 unspecified atom stereocenters. The molecule has 0 saturated carbocycles. The largest absolute Gasteiger partial charge is 0.455 e. The number of rotatable bonds is 6. The van der Waals surface area contributed by atoms with Crippen LogP contribution in [0.1, 0.15) is 19.3 Å². The summed E-state index contributed by atoms with van der Waals surface area (Å²) >= 11 is 4.68. The predicted molar refractivity (Wildman–Crippen MR) is 94.4 cm³/mol. The number of likely N-dealkylation sites (tertiary alicyclic amines) is 1. The maximum Gasteiger partial charge on any atom is 0.316 e. The standard InChI is InChI=1S/C16H19BrN2O4S/c17-11-4-6-12(7-5-11)24-10-15(21)23-9-14(20)19-8-2-1-3-13(19)16(18)22/h4-7,13H,1-3,8-10H2,(H2,18,22)/t13-/m0/s1. The predicted octanol–water partition coefficient (Wildman–Crippen LogP) is 1.95. The van der Waals surface area contributed by atoms with Gasteiger partial charge in [0.05, 0.1) is 5.75 Å². The highest BCUT2D eigenvalue weighted by atomic mass is 79.9. The van der Waals surface area contributed by atoms with Gasteiger partial charge in [-0.1, -0.05) is 15.9 Å². The fraction of sp³-hybridized carbons (Fsp3) is 0.438. The number of ether oxygens (including phenoxy) is 1. The summed E-state index contributed by atoms with van der Waals surface area (Å²) in [6.07, 6.45) is 2.25. The number of esters is 1. The summed E-state index contributed by atoms with van der Waals surface area (Å²) in [6.45, 7) is 0.112. The van der Waals surface area contributed by atoms with Gasteiger partial charge < -0.3 is 15.4 Å². The van der Waals surface area contributed by atoms with Gasteiger partial charge in [0.1, 0.15) is 6.04 Å². The monoisotopic (exact) mass is 414 g/mol. The van der Waals surface area contributed by atoms with Crippen LogP contribution in [0.25, 0.3) is 0 Å². The summed E-state index contributed by atoms with van der Waals surface area (Å²) in [5.74, 6) is -1.24. The van der Waals surface area contributed by atoms with E-state index in [1.807, 2.05) is 24.3 Å². The van der Waals surface area contributed by atoms with Crippen LogP contribution in [0.3, 0.4) is 0 Å². The Kier molecular flexibility index (Phi) is 7.11. The molecule has 1 atom stereocenters. The molecule has 0 aliphatic carbocycles. The summed E-state index contributed by atoms with van der Waals surface area (Å²) in [4.78, 5) is 37.7. The van der Waals surface area contributed by atoms with Crippen molar-refractivity contribution in [2.75, 3.05) is 18.9 Å². The van der Waals surface area contributed by atoms with Crippen molar-refractivity contribution in [2.45, 2.75) is 30.2 Å². The number of benzene rings is 1. The maximum atomic E-state index is 12.2.